The van der Waals surface area contributed by atoms with Crippen molar-refractivity contribution in [2.45, 2.75) is 13.5 Å². The maximum Gasteiger partial charge on any atom is 0.231 e. The van der Waals surface area contributed by atoms with Crippen molar-refractivity contribution in [3.63, 3.8) is 0 Å². The SMILES string of the molecule is Cc1cc(Cl)ccc1CNCC(N)=O. The van der Waals surface area contributed by atoms with Crippen LogP contribution in [0.3, 0.4) is 0 Å². The summed E-state index contributed by atoms with van der Waals surface area (Å²) in [5.41, 5.74) is 7.22. The van der Waals surface area contributed by atoms with Gasteiger partial charge in [-0.1, -0.05) is 17.7 Å². The minimum absolute atomic E-state index is 0.196. The first-order valence-corrected chi connectivity index (χ1v) is 4.71. The zero-order valence-electron chi connectivity index (χ0n) is 8.01. The standard InChI is InChI=1S/C10H13ClN2O/c1-7-4-9(11)3-2-8(7)5-13-6-10(12)14/h2-4,13H,5-6H2,1H3,(H2,12,14). The number of aryl methyl sites for hydroxylation is 1. The lowest BCUT2D eigenvalue weighted by Crippen LogP contribution is -2.28. The van der Waals surface area contributed by atoms with E-state index in [0.29, 0.717) is 6.54 Å². The highest BCUT2D eigenvalue weighted by Crippen LogP contribution is 2.14. The molecule has 0 saturated carbocycles. The number of rotatable bonds is 4. The summed E-state index contributed by atoms with van der Waals surface area (Å²) in [5.74, 6) is -0.350. The molecule has 0 aliphatic heterocycles. The number of hydrogen-bond donors (Lipinski definition) is 2. The molecule has 1 rings (SSSR count). The molecule has 0 heterocycles. The van der Waals surface area contributed by atoms with Crippen LogP contribution in [0.15, 0.2) is 18.2 Å². The fraction of sp³-hybridized carbons (Fsp3) is 0.300. The Bertz CT molecular complexity index is 339. The maximum atomic E-state index is 10.5. The van der Waals surface area contributed by atoms with E-state index < -0.39 is 0 Å². The van der Waals surface area contributed by atoms with Crippen molar-refractivity contribution in [2.75, 3.05) is 6.54 Å². The van der Waals surface area contributed by atoms with E-state index in [1.165, 1.54) is 0 Å². The monoisotopic (exact) mass is 212 g/mol. The van der Waals surface area contributed by atoms with Crippen LogP contribution < -0.4 is 11.1 Å². The summed E-state index contributed by atoms with van der Waals surface area (Å²) in [4.78, 5) is 10.5. The normalized spacial score (nSPS) is 10.1. The number of nitrogens with one attached hydrogen (secondary N) is 1. The van der Waals surface area contributed by atoms with Crippen LogP contribution in [0.5, 0.6) is 0 Å². The molecule has 0 unspecified atom stereocenters. The molecule has 76 valence electrons. The van der Waals surface area contributed by atoms with E-state index in [1.54, 1.807) is 0 Å². The van der Waals surface area contributed by atoms with E-state index in [-0.39, 0.29) is 12.5 Å². The van der Waals surface area contributed by atoms with E-state index in [4.69, 9.17) is 17.3 Å². The molecular weight excluding hydrogens is 200 g/mol. The van der Waals surface area contributed by atoms with E-state index in [2.05, 4.69) is 5.32 Å². The van der Waals surface area contributed by atoms with Gasteiger partial charge in [0.05, 0.1) is 6.54 Å². The number of primary amides is 1. The van der Waals surface area contributed by atoms with Crippen molar-refractivity contribution in [3.05, 3.63) is 34.3 Å². The lowest BCUT2D eigenvalue weighted by atomic mass is 10.1. The molecular formula is C10H13ClN2O. The molecule has 0 saturated heterocycles. The molecule has 4 heteroatoms. The van der Waals surface area contributed by atoms with Crippen molar-refractivity contribution in [1.82, 2.24) is 5.32 Å². The average Bonchev–Trinajstić information content (AvgIpc) is 2.08. The summed E-state index contributed by atoms with van der Waals surface area (Å²) in [5, 5.41) is 3.67. The fourth-order valence-electron chi connectivity index (χ4n) is 1.18. The predicted molar refractivity (Wildman–Crippen MR) is 57.1 cm³/mol. The van der Waals surface area contributed by atoms with Gasteiger partial charge in [0.25, 0.3) is 0 Å². The first-order valence-electron chi connectivity index (χ1n) is 4.33. The van der Waals surface area contributed by atoms with Crippen LogP contribution >= 0.6 is 11.6 Å². The Morgan fingerprint density at radius 2 is 2.29 bits per heavy atom. The van der Waals surface area contributed by atoms with Crippen LogP contribution in [0.1, 0.15) is 11.1 Å². The molecule has 1 aromatic carbocycles. The zero-order chi connectivity index (χ0) is 10.6. The molecule has 0 atom stereocenters. The number of benzene rings is 1. The van der Waals surface area contributed by atoms with Gasteiger partial charge in [0.1, 0.15) is 0 Å². The van der Waals surface area contributed by atoms with Crippen LogP contribution in [0.25, 0.3) is 0 Å². The van der Waals surface area contributed by atoms with Gasteiger partial charge in [-0.15, -0.1) is 0 Å². The average molecular weight is 213 g/mol. The molecule has 3 N–H and O–H groups in total. The van der Waals surface area contributed by atoms with E-state index in [9.17, 15) is 4.79 Å². The van der Waals surface area contributed by atoms with Crippen LogP contribution in [0, 0.1) is 6.92 Å². The van der Waals surface area contributed by atoms with Gasteiger partial charge in [0, 0.05) is 11.6 Å². The van der Waals surface area contributed by atoms with E-state index >= 15 is 0 Å². The third-order valence-corrected chi connectivity index (χ3v) is 2.15. The Morgan fingerprint density at radius 1 is 1.57 bits per heavy atom. The largest absolute Gasteiger partial charge is 0.369 e. The van der Waals surface area contributed by atoms with Gasteiger partial charge in [-0.05, 0) is 30.2 Å². The van der Waals surface area contributed by atoms with Gasteiger partial charge in [-0.25, -0.2) is 0 Å². The minimum Gasteiger partial charge on any atom is -0.369 e. The Hall–Kier alpha value is -1.06. The Labute approximate surface area is 88.2 Å². The van der Waals surface area contributed by atoms with Gasteiger partial charge in [-0.2, -0.15) is 0 Å². The first-order chi connectivity index (χ1) is 6.59. The highest BCUT2D eigenvalue weighted by molar-refractivity contribution is 6.30. The van der Waals surface area contributed by atoms with Crippen molar-refractivity contribution >= 4 is 17.5 Å². The third-order valence-electron chi connectivity index (χ3n) is 1.92. The Kier molecular flexibility index (Phi) is 3.92. The van der Waals surface area contributed by atoms with Crippen molar-refractivity contribution < 1.29 is 4.79 Å². The molecule has 0 aliphatic carbocycles. The van der Waals surface area contributed by atoms with E-state index in [0.717, 1.165) is 16.1 Å². The molecule has 0 radical (unpaired) electrons. The highest BCUT2D eigenvalue weighted by atomic mass is 35.5. The number of carbonyl (C=O) groups excluding carboxylic acids is 1. The second-order valence-corrected chi connectivity index (χ2v) is 3.58. The maximum absolute atomic E-state index is 10.5. The molecule has 1 aromatic rings. The van der Waals surface area contributed by atoms with Gasteiger partial charge < -0.3 is 11.1 Å². The van der Waals surface area contributed by atoms with Gasteiger partial charge in [-0.3, -0.25) is 4.79 Å². The molecule has 0 bridgehead atoms. The van der Waals surface area contributed by atoms with Crippen LogP contribution in [-0.4, -0.2) is 12.5 Å². The first kappa shape index (κ1) is 11.0. The summed E-state index contributed by atoms with van der Waals surface area (Å²) >= 11 is 5.81. The summed E-state index contributed by atoms with van der Waals surface area (Å²) < 4.78 is 0. The fourth-order valence-corrected chi connectivity index (χ4v) is 1.40. The zero-order valence-corrected chi connectivity index (χ0v) is 8.77. The topological polar surface area (TPSA) is 55.1 Å². The second kappa shape index (κ2) is 4.98. The Balaban J connectivity index is 2.55. The predicted octanol–water partition coefficient (Wildman–Crippen LogP) is 1.22. The molecule has 14 heavy (non-hydrogen) atoms. The van der Waals surface area contributed by atoms with Gasteiger partial charge in [0.15, 0.2) is 0 Å². The molecule has 1 amide bonds. The summed E-state index contributed by atoms with van der Waals surface area (Å²) in [6.45, 7) is 2.81. The quantitative estimate of drug-likeness (QED) is 0.789. The lowest BCUT2D eigenvalue weighted by molar-refractivity contribution is -0.117. The van der Waals surface area contributed by atoms with Crippen molar-refractivity contribution in [3.8, 4) is 0 Å². The summed E-state index contributed by atoms with van der Waals surface area (Å²) in [7, 11) is 0. The third kappa shape index (κ3) is 3.36. The number of nitrogens with two attached hydrogens (primary N) is 1. The minimum atomic E-state index is -0.350. The highest BCUT2D eigenvalue weighted by Gasteiger charge is 1.99. The number of carbonyl (C=O) groups is 1. The summed E-state index contributed by atoms with van der Waals surface area (Å²) in [6, 6.07) is 5.66. The number of halogens is 1. The second-order valence-electron chi connectivity index (χ2n) is 3.14. The molecule has 0 aromatic heterocycles. The van der Waals surface area contributed by atoms with Crippen LogP contribution in [-0.2, 0) is 11.3 Å². The van der Waals surface area contributed by atoms with Crippen LogP contribution in [0.4, 0.5) is 0 Å². The molecule has 0 aliphatic rings. The molecule has 3 nitrogen and oxygen atoms in total. The van der Waals surface area contributed by atoms with E-state index in [1.807, 2.05) is 25.1 Å². The Morgan fingerprint density at radius 3 is 2.86 bits per heavy atom. The van der Waals surface area contributed by atoms with Crippen molar-refractivity contribution in [2.24, 2.45) is 5.73 Å². The van der Waals surface area contributed by atoms with Gasteiger partial charge in [0.2, 0.25) is 5.91 Å². The smallest absolute Gasteiger partial charge is 0.231 e. The number of amides is 1. The van der Waals surface area contributed by atoms with Crippen LogP contribution in [0.2, 0.25) is 5.02 Å². The van der Waals surface area contributed by atoms with Crippen molar-refractivity contribution in [1.29, 1.82) is 0 Å². The molecule has 0 fully saturated rings. The number of hydrogen-bond acceptors (Lipinski definition) is 2. The lowest BCUT2D eigenvalue weighted by Gasteiger charge is -2.06. The van der Waals surface area contributed by atoms with Gasteiger partial charge >= 0.3 is 0 Å². The summed E-state index contributed by atoms with van der Waals surface area (Å²) in [6.07, 6.45) is 0. The molecule has 0 spiro atoms.